The maximum Gasteiger partial charge on any atom is 0.355 e. The molecule has 0 fully saturated rings. The highest BCUT2D eigenvalue weighted by molar-refractivity contribution is 8.00. The van der Waals surface area contributed by atoms with Crippen LogP contribution in [0.3, 0.4) is 0 Å². The predicted octanol–water partition coefficient (Wildman–Crippen LogP) is 2.33. The van der Waals surface area contributed by atoms with E-state index >= 15 is 0 Å². The van der Waals surface area contributed by atoms with Gasteiger partial charge in [0.1, 0.15) is 11.6 Å². The Bertz CT molecular complexity index is 797. The van der Waals surface area contributed by atoms with E-state index in [1.165, 1.54) is 0 Å². The minimum Gasteiger partial charge on any atom is -0.478 e. The molecule has 1 unspecified atom stereocenters. The van der Waals surface area contributed by atoms with Crippen LogP contribution in [-0.4, -0.2) is 37.2 Å². The number of aliphatic carboxylic acids is 1. The quantitative estimate of drug-likeness (QED) is 0.508. The molecular formula is C16H16FNO5S2. The molecule has 2 N–H and O–H groups in total. The van der Waals surface area contributed by atoms with Gasteiger partial charge in [0, 0.05) is 12.3 Å². The second kappa shape index (κ2) is 8.84. The van der Waals surface area contributed by atoms with Crippen molar-refractivity contribution in [3.8, 4) is 5.75 Å². The topological polar surface area (TPSA) is 92.7 Å². The lowest BCUT2D eigenvalue weighted by Crippen LogP contribution is -2.29. The number of hydrogen-bond acceptors (Lipinski definition) is 5. The van der Waals surface area contributed by atoms with Crippen molar-refractivity contribution in [3.05, 3.63) is 60.4 Å². The number of carbonyl (C=O) groups is 1. The van der Waals surface area contributed by atoms with Gasteiger partial charge in [-0.3, -0.25) is 0 Å². The van der Waals surface area contributed by atoms with Gasteiger partial charge in [0.05, 0.1) is 4.90 Å². The molecule has 0 saturated carbocycles. The molecule has 0 radical (unpaired) electrons. The number of thioether (sulfide) groups is 1. The van der Waals surface area contributed by atoms with E-state index in [0.717, 1.165) is 36.0 Å². The molecule has 2 rings (SSSR count). The Balaban J connectivity index is 1.85. The first kappa shape index (κ1) is 19.2. The molecule has 0 aromatic heterocycles. The Hall–Kier alpha value is -2.10. The minimum absolute atomic E-state index is 0.00626. The average molecular weight is 385 g/mol. The second-order valence-corrected chi connectivity index (χ2v) is 7.76. The van der Waals surface area contributed by atoms with Gasteiger partial charge in [-0.25, -0.2) is 22.3 Å². The number of halogens is 1. The number of benzene rings is 2. The summed E-state index contributed by atoms with van der Waals surface area (Å²) in [4.78, 5) is 11.2. The highest BCUT2D eigenvalue weighted by atomic mass is 32.2. The third kappa shape index (κ3) is 6.04. The van der Waals surface area contributed by atoms with Crippen LogP contribution in [0.2, 0.25) is 0 Å². The van der Waals surface area contributed by atoms with E-state index in [1.54, 1.807) is 30.3 Å². The number of nitrogens with one attached hydrogen (secondary N) is 1. The molecule has 2 aromatic rings. The zero-order valence-corrected chi connectivity index (χ0v) is 14.6. The van der Waals surface area contributed by atoms with Gasteiger partial charge < -0.3 is 9.84 Å². The maximum atomic E-state index is 12.8. The van der Waals surface area contributed by atoms with Crippen molar-refractivity contribution < 1.29 is 27.4 Å². The maximum absolute atomic E-state index is 12.8. The first-order valence-electron chi connectivity index (χ1n) is 7.20. The Labute approximate surface area is 149 Å². The molecule has 1 atom stereocenters. The summed E-state index contributed by atoms with van der Waals surface area (Å²) in [5.74, 6) is -1.09. The number of hydrogen-bond donors (Lipinski definition) is 2. The molecule has 134 valence electrons. The van der Waals surface area contributed by atoms with Crippen LogP contribution in [0.5, 0.6) is 5.75 Å². The Kier molecular flexibility index (Phi) is 6.80. The number of carboxylic acid groups (broad SMARTS) is 1. The predicted molar refractivity (Wildman–Crippen MR) is 92.5 cm³/mol. The Morgan fingerprint density at radius 1 is 1.16 bits per heavy atom. The standard InChI is InChI=1S/C16H16FNO5S2/c17-12-6-8-14(9-7-12)25(21,22)18-10-11-24-16(15(19)20)23-13-4-2-1-3-5-13/h1-9,16,18H,10-11H2,(H,19,20). The van der Waals surface area contributed by atoms with Gasteiger partial charge in [-0.15, -0.1) is 11.8 Å². The van der Waals surface area contributed by atoms with Crippen LogP contribution in [0, 0.1) is 5.82 Å². The van der Waals surface area contributed by atoms with Crippen LogP contribution in [-0.2, 0) is 14.8 Å². The molecule has 0 heterocycles. The highest BCUT2D eigenvalue weighted by Gasteiger charge is 2.20. The van der Waals surface area contributed by atoms with Gasteiger partial charge in [0.25, 0.3) is 0 Å². The zero-order chi connectivity index (χ0) is 18.3. The lowest BCUT2D eigenvalue weighted by molar-refractivity contribution is -0.140. The van der Waals surface area contributed by atoms with Gasteiger partial charge >= 0.3 is 5.97 Å². The molecular weight excluding hydrogens is 369 g/mol. The van der Waals surface area contributed by atoms with E-state index in [1.807, 2.05) is 0 Å². The SMILES string of the molecule is O=C(O)C(Oc1ccccc1)SCCNS(=O)(=O)c1ccc(F)cc1. The number of ether oxygens (including phenoxy) is 1. The number of para-hydroxylation sites is 1. The average Bonchev–Trinajstić information content (AvgIpc) is 2.58. The first-order valence-corrected chi connectivity index (χ1v) is 9.73. The van der Waals surface area contributed by atoms with E-state index in [9.17, 15) is 22.7 Å². The molecule has 0 aliphatic carbocycles. The minimum atomic E-state index is -3.77. The number of carboxylic acids is 1. The first-order chi connectivity index (χ1) is 11.9. The monoisotopic (exact) mass is 385 g/mol. The fourth-order valence-corrected chi connectivity index (χ4v) is 3.73. The van der Waals surface area contributed by atoms with Gasteiger partial charge in [0.2, 0.25) is 15.5 Å². The molecule has 9 heteroatoms. The third-order valence-electron chi connectivity index (χ3n) is 2.98. The molecule has 25 heavy (non-hydrogen) atoms. The summed E-state index contributed by atoms with van der Waals surface area (Å²) in [6, 6.07) is 12.9. The van der Waals surface area contributed by atoms with E-state index in [4.69, 9.17) is 4.74 Å². The highest BCUT2D eigenvalue weighted by Crippen LogP contribution is 2.18. The molecule has 0 aliphatic rings. The summed E-state index contributed by atoms with van der Waals surface area (Å²) < 4.78 is 44.6. The Morgan fingerprint density at radius 2 is 1.80 bits per heavy atom. The number of rotatable bonds is 9. The van der Waals surface area contributed by atoms with Gasteiger partial charge in [-0.1, -0.05) is 18.2 Å². The molecule has 0 aliphatic heterocycles. The van der Waals surface area contributed by atoms with Crippen molar-refractivity contribution >= 4 is 27.8 Å². The zero-order valence-electron chi connectivity index (χ0n) is 13.0. The van der Waals surface area contributed by atoms with Crippen LogP contribution >= 0.6 is 11.8 Å². The summed E-state index contributed by atoms with van der Waals surface area (Å²) in [5, 5.41) is 9.18. The van der Waals surface area contributed by atoms with Crippen LogP contribution < -0.4 is 9.46 Å². The van der Waals surface area contributed by atoms with E-state index in [-0.39, 0.29) is 17.2 Å². The molecule has 0 saturated heterocycles. The van der Waals surface area contributed by atoms with Crippen LogP contribution in [0.4, 0.5) is 4.39 Å². The summed E-state index contributed by atoms with van der Waals surface area (Å²) in [6.45, 7) is 0.00626. The molecule has 0 spiro atoms. The molecule has 0 amide bonds. The number of sulfonamides is 1. The van der Waals surface area contributed by atoms with Gasteiger partial charge in [-0.2, -0.15) is 0 Å². The fourth-order valence-electron chi connectivity index (χ4n) is 1.82. The molecule has 2 aromatic carbocycles. The lowest BCUT2D eigenvalue weighted by Gasteiger charge is -2.14. The normalized spacial score (nSPS) is 12.5. The summed E-state index contributed by atoms with van der Waals surface area (Å²) in [5.41, 5.74) is -1.15. The fraction of sp³-hybridized carbons (Fsp3) is 0.188. The summed E-state index contributed by atoms with van der Waals surface area (Å²) in [6.07, 6.45) is 0. The van der Waals surface area contributed by atoms with Crippen molar-refractivity contribution in [2.45, 2.75) is 10.3 Å². The lowest BCUT2D eigenvalue weighted by atomic mass is 10.3. The van der Waals surface area contributed by atoms with Crippen molar-refractivity contribution in [1.29, 1.82) is 0 Å². The molecule has 0 bridgehead atoms. The molecule has 6 nitrogen and oxygen atoms in total. The Morgan fingerprint density at radius 3 is 2.40 bits per heavy atom. The van der Waals surface area contributed by atoms with Crippen molar-refractivity contribution in [3.63, 3.8) is 0 Å². The van der Waals surface area contributed by atoms with E-state index in [2.05, 4.69) is 4.72 Å². The van der Waals surface area contributed by atoms with E-state index < -0.39 is 27.2 Å². The van der Waals surface area contributed by atoms with Crippen molar-refractivity contribution in [1.82, 2.24) is 4.72 Å². The second-order valence-electron chi connectivity index (χ2n) is 4.82. The van der Waals surface area contributed by atoms with Crippen LogP contribution in [0.25, 0.3) is 0 Å². The smallest absolute Gasteiger partial charge is 0.355 e. The van der Waals surface area contributed by atoms with Gasteiger partial charge in [-0.05, 0) is 36.4 Å². The van der Waals surface area contributed by atoms with E-state index in [0.29, 0.717) is 5.75 Å². The van der Waals surface area contributed by atoms with Crippen molar-refractivity contribution in [2.24, 2.45) is 0 Å². The van der Waals surface area contributed by atoms with Crippen LogP contribution in [0.1, 0.15) is 0 Å². The summed E-state index contributed by atoms with van der Waals surface area (Å²) >= 11 is 0.954. The van der Waals surface area contributed by atoms with Crippen molar-refractivity contribution in [2.75, 3.05) is 12.3 Å². The summed E-state index contributed by atoms with van der Waals surface area (Å²) in [7, 11) is -3.77. The van der Waals surface area contributed by atoms with Gasteiger partial charge in [0.15, 0.2) is 0 Å². The largest absolute Gasteiger partial charge is 0.478 e. The van der Waals surface area contributed by atoms with Crippen LogP contribution in [0.15, 0.2) is 59.5 Å². The third-order valence-corrected chi connectivity index (χ3v) is 5.49.